The van der Waals surface area contributed by atoms with Gasteiger partial charge >= 0.3 is 0 Å². The van der Waals surface area contributed by atoms with Crippen molar-refractivity contribution in [1.29, 1.82) is 0 Å². The molecular formula is C14H17BrFN3. The Morgan fingerprint density at radius 1 is 1.47 bits per heavy atom. The molecule has 0 radical (unpaired) electrons. The number of halogens is 2. The second kappa shape index (κ2) is 6.30. The first-order valence-corrected chi connectivity index (χ1v) is 7.12. The van der Waals surface area contributed by atoms with E-state index in [1.807, 2.05) is 6.07 Å². The van der Waals surface area contributed by atoms with Gasteiger partial charge in [-0.05, 0) is 31.5 Å². The molecule has 0 bridgehead atoms. The molecule has 1 unspecified atom stereocenters. The average Bonchev–Trinajstić information content (AvgIpc) is 2.84. The van der Waals surface area contributed by atoms with Gasteiger partial charge in [0.15, 0.2) is 0 Å². The quantitative estimate of drug-likeness (QED) is 0.876. The van der Waals surface area contributed by atoms with Gasteiger partial charge in [-0.25, -0.2) is 9.37 Å². The van der Waals surface area contributed by atoms with Crippen molar-refractivity contribution in [2.24, 2.45) is 0 Å². The van der Waals surface area contributed by atoms with E-state index in [-0.39, 0.29) is 5.82 Å². The van der Waals surface area contributed by atoms with E-state index in [4.69, 9.17) is 0 Å². The van der Waals surface area contributed by atoms with Crippen LogP contribution in [0.15, 0.2) is 28.9 Å². The van der Waals surface area contributed by atoms with Crippen LogP contribution >= 0.6 is 15.9 Å². The molecule has 5 heteroatoms. The summed E-state index contributed by atoms with van der Waals surface area (Å²) in [6, 6.07) is 5.44. The van der Waals surface area contributed by atoms with E-state index in [9.17, 15) is 4.39 Å². The van der Waals surface area contributed by atoms with Gasteiger partial charge in [0.05, 0.1) is 18.4 Å². The molecule has 1 atom stereocenters. The van der Waals surface area contributed by atoms with Gasteiger partial charge in [-0.2, -0.15) is 0 Å². The van der Waals surface area contributed by atoms with Crippen molar-refractivity contribution in [3.05, 3.63) is 40.5 Å². The van der Waals surface area contributed by atoms with Crippen molar-refractivity contribution in [3.8, 4) is 11.3 Å². The summed E-state index contributed by atoms with van der Waals surface area (Å²) in [6.07, 6.45) is 2.73. The van der Waals surface area contributed by atoms with E-state index < -0.39 is 0 Å². The Hall–Kier alpha value is -1.20. The van der Waals surface area contributed by atoms with Crippen LogP contribution in [0, 0.1) is 5.82 Å². The van der Waals surface area contributed by atoms with Crippen molar-refractivity contribution in [1.82, 2.24) is 15.3 Å². The highest BCUT2D eigenvalue weighted by Gasteiger charge is 2.09. The summed E-state index contributed by atoms with van der Waals surface area (Å²) in [5, 5.41) is 3.34. The number of benzene rings is 1. The summed E-state index contributed by atoms with van der Waals surface area (Å²) in [4.78, 5) is 7.41. The molecule has 3 nitrogen and oxygen atoms in total. The predicted octanol–water partition coefficient (Wildman–Crippen LogP) is 3.87. The molecule has 0 aliphatic carbocycles. The maximum absolute atomic E-state index is 13.8. The van der Waals surface area contributed by atoms with Gasteiger partial charge in [-0.15, -0.1) is 0 Å². The van der Waals surface area contributed by atoms with Crippen LogP contribution in [0.1, 0.15) is 26.1 Å². The SMILES string of the molecule is CCC(C)NCc1ncc(-c2ccc(Br)cc2F)[nH]1. The van der Waals surface area contributed by atoms with E-state index in [1.54, 1.807) is 12.3 Å². The first-order valence-electron chi connectivity index (χ1n) is 6.32. The molecule has 0 fully saturated rings. The van der Waals surface area contributed by atoms with Crippen LogP contribution in [0.25, 0.3) is 11.3 Å². The second-order valence-corrected chi connectivity index (χ2v) is 5.47. The Kier molecular flexibility index (Phi) is 4.71. The van der Waals surface area contributed by atoms with Crippen LogP contribution in [0.5, 0.6) is 0 Å². The van der Waals surface area contributed by atoms with Crippen LogP contribution in [0.3, 0.4) is 0 Å². The number of nitrogens with one attached hydrogen (secondary N) is 2. The maximum atomic E-state index is 13.8. The number of rotatable bonds is 5. The molecule has 0 aliphatic heterocycles. The lowest BCUT2D eigenvalue weighted by Gasteiger charge is -2.09. The highest BCUT2D eigenvalue weighted by Crippen LogP contribution is 2.24. The van der Waals surface area contributed by atoms with Crippen LogP contribution in [-0.4, -0.2) is 16.0 Å². The second-order valence-electron chi connectivity index (χ2n) is 4.56. The van der Waals surface area contributed by atoms with Gasteiger partial charge in [-0.3, -0.25) is 0 Å². The lowest BCUT2D eigenvalue weighted by molar-refractivity contribution is 0.525. The van der Waals surface area contributed by atoms with E-state index in [2.05, 4.69) is 45.1 Å². The molecule has 2 aromatic rings. The summed E-state index contributed by atoms with van der Waals surface area (Å²) in [5.74, 6) is 0.553. The highest BCUT2D eigenvalue weighted by atomic mass is 79.9. The van der Waals surface area contributed by atoms with Gasteiger partial charge in [-0.1, -0.05) is 22.9 Å². The van der Waals surface area contributed by atoms with Crippen LogP contribution in [0.2, 0.25) is 0 Å². The molecule has 2 N–H and O–H groups in total. The van der Waals surface area contributed by atoms with Crippen LogP contribution in [-0.2, 0) is 6.54 Å². The van der Waals surface area contributed by atoms with E-state index in [0.29, 0.717) is 23.8 Å². The topological polar surface area (TPSA) is 40.7 Å². The largest absolute Gasteiger partial charge is 0.341 e. The zero-order chi connectivity index (χ0) is 13.8. The molecular weight excluding hydrogens is 309 g/mol. The average molecular weight is 326 g/mol. The maximum Gasteiger partial charge on any atom is 0.133 e. The number of nitrogens with zero attached hydrogens (tertiary/aromatic N) is 1. The molecule has 0 spiro atoms. The first kappa shape index (κ1) is 14.2. The highest BCUT2D eigenvalue weighted by molar-refractivity contribution is 9.10. The van der Waals surface area contributed by atoms with Crippen LogP contribution in [0.4, 0.5) is 4.39 Å². The Balaban J connectivity index is 2.12. The summed E-state index contributed by atoms with van der Waals surface area (Å²) in [7, 11) is 0. The minimum atomic E-state index is -0.264. The fraction of sp³-hybridized carbons (Fsp3) is 0.357. The summed E-state index contributed by atoms with van der Waals surface area (Å²) in [5.41, 5.74) is 1.23. The lowest BCUT2D eigenvalue weighted by atomic mass is 10.1. The normalized spacial score (nSPS) is 12.6. The smallest absolute Gasteiger partial charge is 0.133 e. The zero-order valence-electron chi connectivity index (χ0n) is 11.0. The summed E-state index contributed by atoms with van der Waals surface area (Å²) >= 11 is 3.25. The molecule has 0 saturated carbocycles. The fourth-order valence-corrected chi connectivity index (χ4v) is 2.05. The summed E-state index contributed by atoms with van der Waals surface area (Å²) in [6.45, 7) is 4.91. The Bertz CT molecular complexity index is 553. The third-order valence-corrected chi connectivity index (χ3v) is 3.57. The third kappa shape index (κ3) is 3.64. The number of imidazole rings is 1. The molecule has 19 heavy (non-hydrogen) atoms. The number of H-pyrrole nitrogens is 1. The van der Waals surface area contributed by atoms with Gasteiger partial charge in [0.2, 0.25) is 0 Å². The Labute approximate surface area is 120 Å². The number of hydrogen-bond donors (Lipinski definition) is 2. The summed E-state index contributed by atoms with van der Waals surface area (Å²) < 4.78 is 14.5. The lowest BCUT2D eigenvalue weighted by Crippen LogP contribution is -2.24. The van der Waals surface area contributed by atoms with E-state index in [0.717, 1.165) is 16.7 Å². The van der Waals surface area contributed by atoms with Crippen molar-refractivity contribution < 1.29 is 4.39 Å². The molecule has 0 saturated heterocycles. The predicted molar refractivity (Wildman–Crippen MR) is 78.3 cm³/mol. The standard InChI is InChI=1S/C14H17BrFN3/c1-3-9(2)17-8-14-18-7-13(19-14)11-5-4-10(15)6-12(11)16/h4-7,9,17H,3,8H2,1-2H3,(H,18,19). The van der Waals surface area contributed by atoms with Crippen molar-refractivity contribution in [2.45, 2.75) is 32.9 Å². The number of hydrogen-bond acceptors (Lipinski definition) is 2. The van der Waals surface area contributed by atoms with E-state index >= 15 is 0 Å². The zero-order valence-corrected chi connectivity index (χ0v) is 12.6. The third-order valence-electron chi connectivity index (χ3n) is 3.08. The molecule has 1 aromatic heterocycles. The van der Waals surface area contributed by atoms with Gasteiger partial charge in [0.1, 0.15) is 11.6 Å². The van der Waals surface area contributed by atoms with Crippen molar-refractivity contribution >= 4 is 15.9 Å². The molecule has 1 aromatic carbocycles. The first-order chi connectivity index (χ1) is 9.10. The molecule has 0 aliphatic rings. The van der Waals surface area contributed by atoms with E-state index in [1.165, 1.54) is 6.07 Å². The van der Waals surface area contributed by atoms with Crippen molar-refractivity contribution in [2.75, 3.05) is 0 Å². The van der Waals surface area contributed by atoms with Crippen molar-refractivity contribution in [3.63, 3.8) is 0 Å². The minimum absolute atomic E-state index is 0.264. The Morgan fingerprint density at radius 3 is 2.95 bits per heavy atom. The number of aromatic nitrogens is 2. The number of aromatic amines is 1. The monoisotopic (exact) mass is 325 g/mol. The minimum Gasteiger partial charge on any atom is -0.341 e. The Morgan fingerprint density at radius 2 is 2.26 bits per heavy atom. The van der Waals surface area contributed by atoms with Gasteiger partial charge in [0, 0.05) is 16.1 Å². The molecule has 102 valence electrons. The van der Waals surface area contributed by atoms with Gasteiger partial charge < -0.3 is 10.3 Å². The van der Waals surface area contributed by atoms with Gasteiger partial charge in [0.25, 0.3) is 0 Å². The van der Waals surface area contributed by atoms with Crippen LogP contribution < -0.4 is 5.32 Å². The molecule has 0 amide bonds. The molecule has 2 rings (SSSR count). The molecule has 1 heterocycles. The fourth-order valence-electron chi connectivity index (χ4n) is 1.71.